The van der Waals surface area contributed by atoms with Crippen molar-refractivity contribution in [2.24, 2.45) is 0 Å². The lowest BCUT2D eigenvalue weighted by Gasteiger charge is -2.28. The maximum absolute atomic E-state index is 13.0. The maximum Gasteiger partial charge on any atom is 0.256 e. The number of hydrogen-bond donors (Lipinski definition) is 1. The summed E-state index contributed by atoms with van der Waals surface area (Å²) in [6.07, 6.45) is 5.29. The molecule has 1 aliphatic heterocycles. The molecule has 5 rings (SSSR count). The van der Waals surface area contributed by atoms with Crippen molar-refractivity contribution in [1.82, 2.24) is 34.6 Å². The first kappa shape index (κ1) is 24.2. The zero-order chi connectivity index (χ0) is 25.2. The number of carbonyl (C=O) groups is 1. The van der Waals surface area contributed by atoms with Crippen molar-refractivity contribution in [1.29, 1.82) is 0 Å². The number of morpholine rings is 1. The molecule has 0 bridgehead atoms. The van der Waals surface area contributed by atoms with Gasteiger partial charge in [0.1, 0.15) is 17.0 Å². The normalized spacial score (nSPS) is 14.0. The average molecular weight is 509 g/mol. The second kappa shape index (κ2) is 10.2. The zero-order valence-corrected chi connectivity index (χ0v) is 21.3. The number of anilines is 1. The van der Waals surface area contributed by atoms with Crippen LogP contribution in [0.1, 0.15) is 23.0 Å². The summed E-state index contributed by atoms with van der Waals surface area (Å²) >= 11 is 1.47. The van der Waals surface area contributed by atoms with E-state index in [1.54, 1.807) is 29.2 Å². The number of hydrogen-bond acceptors (Lipinski definition) is 9. The number of fused-ring (bicyclic) bond motifs is 2. The van der Waals surface area contributed by atoms with Crippen LogP contribution in [0.4, 0.5) is 5.82 Å². The van der Waals surface area contributed by atoms with Gasteiger partial charge in [0.25, 0.3) is 5.91 Å². The summed E-state index contributed by atoms with van der Waals surface area (Å²) in [7, 11) is 0. The molecule has 12 heteroatoms. The summed E-state index contributed by atoms with van der Waals surface area (Å²) in [6.45, 7) is 7.95. The van der Waals surface area contributed by atoms with Gasteiger partial charge in [0, 0.05) is 38.1 Å². The van der Waals surface area contributed by atoms with E-state index in [0.29, 0.717) is 48.1 Å². The molecular weight excluding hydrogens is 480 g/mol. The van der Waals surface area contributed by atoms with E-state index in [9.17, 15) is 9.59 Å². The van der Waals surface area contributed by atoms with Crippen LogP contribution in [-0.4, -0.2) is 74.3 Å². The van der Waals surface area contributed by atoms with Gasteiger partial charge in [-0.15, -0.1) is 0 Å². The first-order valence-corrected chi connectivity index (χ1v) is 13.1. The molecule has 5 heterocycles. The van der Waals surface area contributed by atoms with Gasteiger partial charge < -0.3 is 19.5 Å². The minimum atomic E-state index is -0.422. The molecule has 1 N–H and O–H groups in total. The highest BCUT2D eigenvalue weighted by Gasteiger charge is 2.20. The van der Waals surface area contributed by atoms with Crippen molar-refractivity contribution >= 4 is 45.6 Å². The lowest BCUT2D eigenvalue weighted by atomic mass is 10.1. The van der Waals surface area contributed by atoms with Gasteiger partial charge in [-0.1, -0.05) is 11.8 Å². The molecule has 1 saturated heterocycles. The lowest BCUT2D eigenvalue weighted by molar-refractivity contribution is 0.0950. The monoisotopic (exact) mass is 508 g/mol. The fraction of sp³-hybridized carbons (Fsp3) is 0.417. The Bertz CT molecular complexity index is 1490. The number of aromatic nitrogens is 6. The van der Waals surface area contributed by atoms with Gasteiger partial charge in [-0.3, -0.25) is 9.59 Å². The van der Waals surface area contributed by atoms with Crippen LogP contribution in [0.25, 0.3) is 22.1 Å². The van der Waals surface area contributed by atoms with Gasteiger partial charge in [0.2, 0.25) is 5.43 Å². The Morgan fingerprint density at radius 3 is 2.69 bits per heavy atom. The van der Waals surface area contributed by atoms with E-state index in [4.69, 9.17) is 9.72 Å². The van der Waals surface area contributed by atoms with E-state index in [-0.39, 0.29) is 17.5 Å². The van der Waals surface area contributed by atoms with Gasteiger partial charge in [-0.2, -0.15) is 5.10 Å². The van der Waals surface area contributed by atoms with Crippen LogP contribution in [0.3, 0.4) is 0 Å². The van der Waals surface area contributed by atoms with Crippen molar-refractivity contribution in [2.45, 2.75) is 32.1 Å². The van der Waals surface area contributed by atoms with Crippen molar-refractivity contribution in [2.75, 3.05) is 44.0 Å². The number of pyridine rings is 2. The summed E-state index contributed by atoms with van der Waals surface area (Å²) in [5.41, 5.74) is 1.89. The first-order chi connectivity index (χ1) is 17.5. The molecular formula is C24H28N8O3S. The smallest absolute Gasteiger partial charge is 0.256 e. The molecule has 36 heavy (non-hydrogen) atoms. The molecule has 1 amide bonds. The molecule has 0 aliphatic carbocycles. The molecule has 0 saturated carbocycles. The third kappa shape index (κ3) is 4.53. The predicted octanol–water partition coefficient (Wildman–Crippen LogP) is 1.85. The van der Waals surface area contributed by atoms with E-state index >= 15 is 0 Å². The standard InChI is InChI=1S/C24H28N8O3S/c1-4-30-14-18(19(33)16-6-5-15(2)27-20(16)30)23(34)25-7-8-32-22-17(13-26-32)21(28-24(29-22)36-3)31-9-11-35-12-10-31/h5-6,13-14H,4,7-12H2,1-3H3,(H,25,34). The average Bonchev–Trinajstić information content (AvgIpc) is 3.31. The van der Waals surface area contributed by atoms with Gasteiger partial charge in [-0.25, -0.2) is 19.6 Å². The fourth-order valence-corrected chi connectivity index (χ4v) is 4.68. The third-order valence-corrected chi connectivity index (χ3v) is 6.75. The highest BCUT2D eigenvalue weighted by atomic mass is 32.2. The third-order valence-electron chi connectivity index (χ3n) is 6.20. The summed E-state index contributed by atoms with van der Waals surface area (Å²) in [6, 6.07) is 3.51. The number of amides is 1. The first-order valence-electron chi connectivity index (χ1n) is 11.9. The van der Waals surface area contributed by atoms with Crippen molar-refractivity contribution in [3.63, 3.8) is 0 Å². The van der Waals surface area contributed by atoms with Crippen molar-refractivity contribution in [3.8, 4) is 0 Å². The van der Waals surface area contributed by atoms with Crippen LogP contribution in [-0.2, 0) is 17.8 Å². The number of rotatable bonds is 7. The highest BCUT2D eigenvalue weighted by molar-refractivity contribution is 7.98. The summed E-state index contributed by atoms with van der Waals surface area (Å²) < 4.78 is 9.07. The van der Waals surface area contributed by atoms with E-state index in [0.717, 1.165) is 30.0 Å². The van der Waals surface area contributed by atoms with E-state index in [1.165, 1.54) is 11.8 Å². The number of ether oxygens (including phenoxy) is 1. The number of thioether (sulfide) groups is 1. The molecule has 0 aromatic carbocycles. The van der Waals surface area contributed by atoms with Crippen LogP contribution >= 0.6 is 11.8 Å². The molecule has 0 spiro atoms. The van der Waals surface area contributed by atoms with Gasteiger partial charge in [-0.05, 0) is 32.2 Å². The molecule has 4 aromatic heterocycles. The Labute approximate surface area is 211 Å². The predicted molar refractivity (Wildman–Crippen MR) is 139 cm³/mol. The van der Waals surface area contributed by atoms with E-state index in [1.807, 2.05) is 24.7 Å². The van der Waals surface area contributed by atoms with Crippen LogP contribution in [0, 0.1) is 6.92 Å². The Morgan fingerprint density at radius 2 is 1.94 bits per heavy atom. The maximum atomic E-state index is 13.0. The summed E-state index contributed by atoms with van der Waals surface area (Å²) in [5.74, 6) is 0.428. The van der Waals surface area contributed by atoms with Crippen molar-refractivity contribution in [3.05, 3.63) is 46.0 Å². The minimum Gasteiger partial charge on any atom is -0.378 e. The summed E-state index contributed by atoms with van der Waals surface area (Å²) in [4.78, 5) is 42.0. The molecule has 0 radical (unpaired) electrons. The number of aryl methyl sites for hydroxylation is 2. The Morgan fingerprint density at radius 1 is 1.14 bits per heavy atom. The Hall–Kier alpha value is -3.51. The topological polar surface area (TPSA) is 120 Å². The van der Waals surface area contributed by atoms with Gasteiger partial charge in [0.05, 0.1) is 36.7 Å². The highest BCUT2D eigenvalue weighted by Crippen LogP contribution is 2.27. The second-order valence-electron chi connectivity index (χ2n) is 8.48. The van der Waals surface area contributed by atoms with Crippen LogP contribution in [0.5, 0.6) is 0 Å². The second-order valence-corrected chi connectivity index (χ2v) is 9.25. The zero-order valence-electron chi connectivity index (χ0n) is 20.5. The molecule has 0 unspecified atom stereocenters. The summed E-state index contributed by atoms with van der Waals surface area (Å²) in [5, 5.41) is 9.34. The van der Waals surface area contributed by atoms with Crippen LogP contribution in [0.15, 0.2) is 34.5 Å². The molecule has 1 aliphatic rings. The number of nitrogens with zero attached hydrogens (tertiary/aromatic N) is 7. The molecule has 188 valence electrons. The van der Waals surface area contributed by atoms with E-state index in [2.05, 4.69) is 25.3 Å². The largest absolute Gasteiger partial charge is 0.378 e. The Kier molecular flexibility index (Phi) is 6.88. The quantitative estimate of drug-likeness (QED) is 0.295. The molecule has 4 aromatic rings. The molecule has 11 nitrogen and oxygen atoms in total. The lowest BCUT2D eigenvalue weighted by Crippen LogP contribution is -2.37. The van der Waals surface area contributed by atoms with Crippen molar-refractivity contribution < 1.29 is 9.53 Å². The number of carbonyl (C=O) groups excluding carboxylic acids is 1. The molecule has 0 atom stereocenters. The van der Waals surface area contributed by atoms with Gasteiger partial charge >= 0.3 is 0 Å². The fourth-order valence-electron chi connectivity index (χ4n) is 4.33. The van der Waals surface area contributed by atoms with Gasteiger partial charge in [0.15, 0.2) is 10.8 Å². The number of nitrogens with one attached hydrogen (secondary N) is 1. The Balaban J connectivity index is 1.37. The minimum absolute atomic E-state index is 0.0990. The van der Waals surface area contributed by atoms with E-state index < -0.39 is 5.91 Å². The van der Waals surface area contributed by atoms with Crippen LogP contribution in [0.2, 0.25) is 0 Å². The SMILES string of the molecule is CCn1cc(C(=O)NCCn2ncc3c(N4CCOCC4)nc(SC)nc32)c(=O)c2ccc(C)nc21. The molecule has 1 fully saturated rings. The van der Waals surface area contributed by atoms with Crippen LogP contribution < -0.4 is 15.6 Å².